The molecule has 22 heavy (non-hydrogen) atoms. The molecule has 2 N–H and O–H groups in total. The number of hydrogen-bond donors (Lipinski definition) is 2. The van der Waals surface area contributed by atoms with Crippen LogP contribution in [0.15, 0.2) is 4.99 Å². The van der Waals surface area contributed by atoms with Crippen LogP contribution in [0.4, 0.5) is 4.79 Å². The van der Waals surface area contributed by atoms with Crippen molar-refractivity contribution in [2.75, 3.05) is 27.2 Å². The molecule has 1 atom stereocenters. The average molecular weight is 428 g/mol. The Morgan fingerprint density at radius 2 is 1.82 bits per heavy atom. The number of guanidine groups is 1. The Balaban J connectivity index is 0. The number of hydrogen-bond acceptors (Lipinski definition) is 3. The highest BCUT2D eigenvalue weighted by molar-refractivity contribution is 14.0. The number of halogens is 1. The molecule has 0 heterocycles. The molecular weight excluding hydrogens is 395 g/mol. The number of carbonyl (C=O) groups excluding carboxylic acids is 1. The van der Waals surface area contributed by atoms with Crippen LogP contribution in [0.5, 0.6) is 0 Å². The molecule has 132 valence electrons. The topological polar surface area (TPSA) is 66.0 Å². The molecule has 0 bridgehead atoms. The second-order valence-corrected chi connectivity index (χ2v) is 6.72. The maximum absolute atomic E-state index is 11.9. The third-order valence-corrected chi connectivity index (χ3v) is 2.56. The van der Waals surface area contributed by atoms with Crippen LogP contribution in [0, 0.1) is 5.92 Å². The SMILES string of the molecule is CN=C(NCC(C)CN(C)C(=O)OC(C)(C)C)NC(C)C.I. The molecule has 0 saturated heterocycles. The summed E-state index contributed by atoms with van der Waals surface area (Å²) in [4.78, 5) is 17.6. The lowest BCUT2D eigenvalue weighted by Crippen LogP contribution is -2.44. The zero-order valence-electron chi connectivity index (χ0n) is 15.2. The lowest BCUT2D eigenvalue weighted by molar-refractivity contribution is 0.0278. The van der Waals surface area contributed by atoms with E-state index < -0.39 is 5.60 Å². The average Bonchev–Trinajstić information content (AvgIpc) is 2.31. The van der Waals surface area contributed by atoms with Crippen LogP contribution in [0.25, 0.3) is 0 Å². The molecule has 0 aromatic heterocycles. The van der Waals surface area contributed by atoms with Gasteiger partial charge in [-0.2, -0.15) is 0 Å². The van der Waals surface area contributed by atoms with E-state index in [1.165, 1.54) is 0 Å². The first-order valence-corrected chi connectivity index (χ1v) is 7.46. The van der Waals surface area contributed by atoms with Crippen LogP contribution >= 0.6 is 24.0 Å². The Hall–Kier alpha value is -0.730. The third-order valence-electron chi connectivity index (χ3n) is 2.56. The normalized spacial score (nSPS) is 13.2. The molecule has 6 nitrogen and oxygen atoms in total. The fourth-order valence-electron chi connectivity index (χ4n) is 1.69. The highest BCUT2D eigenvalue weighted by Crippen LogP contribution is 2.10. The molecule has 7 heteroatoms. The molecule has 0 radical (unpaired) electrons. The Labute approximate surface area is 152 Å². The summed E-state index contributed by atoms with van der Waals surface area (Å²) in [6, 6.07) is 0.330. The maximum Gasteiger partial charge on any atom is 0.410 e. The molecule has 0 aromatic carbocycles. The number of rotatable bonds is 5. The fraction of sp³-hybridized carbons (Fsp3) is 0.867. The van der Waals surface area contributed by atoms with Crippen molar-refractivity contribution in [1.29, 1.82) is 0 Å². The Kier molecular flexibility index (Phi) is 11.7. The van der Waals surface area contributed by atoms with E-state index in [-0.39, 0.29) is 36.0 Å². The summed E-state index contributed by atoms with van der Waals surface area (Å²) in [5.41, 5.74) is -0.462. The van der Waals surface area contributed by atoms with Crippen LogP contribution in [-0.2, 0) is 4.74 Å². The molecular formula is C15H33IN4O2. The van der Waals surface area contributed by atoms with Crippen LogP contribution in [0.2, 0.25) is 0 Å². The molecule has 0 spiro atoms. The quantitative estimate of drug-likeness (QED) is 0.402. The van der Waals surface area contributed by atoms with E-state index in [0.717, 1.165) is 12.5 Å². The minimum Gasteiger partial charge on any atom is -0.444 e. The number of amides is 1. The van der Waals surface area contributed by atoms with Crippen molar-refractivity contribution in [1.82, 2.24) is 15.5 Å². The van der Waals surface area contributed by atoms with Gasteiger partial charge >= 0.3 is 6.09 Å². The standard InChI is InChI=1S/C15H32N4O2.HI/c1-11(2)18-13(16-7)17-9-12(3)10-19(8)14(20)21-15(4,5)6;/h11-12H,9-10H2,1-8H3,(H2,16,17,18);1H. The predicted molar refractivity (Wildman–Crippen MR) is 103 cm³/mol. The summed E-state index contributed by atoms with van der Waals surface area (Å²) in [6.45, 7) is 13.2. The van der Waals surface area contributed by atoms with Crippen LogP contribution in [0.1, 0.15) is 41.5 Å². The number of aliphatic imine (C=N–C) groups is 1. The monoisotopic (exact) mass is 428 g/mol. The molecule has 0 fully saturated rings. The van der Waals surface area contributed by atoms with Crippen molar-refractivity contribution in [3.05, 3.63) is 0 Å². The van der Waals surface area contributed by atoms with E-state index in [4.69, 9.17) is 4.74 Å². The second kappa shape index (κ2) is 10.9. The van der Waals surface area contributed by atoms with Gasteiger partial charge in [0.2, 0.25) is 0 Å². The first-order valence-electron chi connectivity index (χ1n) is 7.46. The zero-order chi connectivity index (χ0) is 16.6. The lowest BCUT2D eigenvalue weighted by Gasteiger charge is -2.26. The second-order valence-electron chi connectivity index (χ2n) is 6.72. The van der Waals surface area contributed by atoms with Crippen LogP contribution in [0.3, 0.4) is 0 Å². The highest BCUT2D eigenvalue weighted by Gasteiger charge is 2.20. The number of ether oxygens (including phenoxy) is 1. The minimum absolute atomic E-state index is 0. The van der Waals surface area contributed by atoms with Crippen molar-refractivity contribution >= 4 is 36.0 Å². The number of carbonyl (C=O) groups is 1. The van der Waals surface area contributed by atoms with E-state index in [1.807, 2.05) is 20.8 Å². The lowest BCUT2D eigenvalue weighted by atomic mass is 10.1. The van der Waals surface area contributed by atoms with E-state index in [1.54, 1.807) is 19.0 Å². The largest absolute Gasteiger partial charge is 0.444 e. The van der Waals surface area contributed by atoms with E-state index in [2.05, 4.69) is 36.4 Å². The molecule has 0 saturated carbocycles. The summed E-state index contributed by atoms with van der Waals surface area (Å²) in [7, 11) is 3.50. The summed E-state index contributed by atoms with van der Waals surface area (Å²) < 4.78 is 5.33. The summed E-state index contributed by atoms with van der Waals surface area (Å²) in [5, 5.41) is 6.48. The summed E-state index contributed by atoms with van der Waals surface area (Å²) in [5.74, 6) is 1.06. The molecule has 1 amide bonds. The van der Waals surface area contributed by atoms with Gasteiger partial charge in [0.05, 0.1) is 0 Å². The Bertz CT molecular complexity index is 354. The molecule has 0 rings (SSSR count). The molecule has 0 aromatic rings. The first-order chi connectivity index (χ1) is 9.55. The van der Waals surface area contributed by atoms with Gasteiger partial charge in [-0.25, -0.2) is 4.79 Å². The Morgan fingerprint density at radius 3 is 2.23 bits per heavy atom. The van der Waals surface area contributed by atoms with Gasteiger partial charge in [-0.15, -0.1) is 24.0 Å². The van der Waals surface area contributed by atoms with Crippen molar-refractivity contribution in [2.45, 2.75) is 53.2 Å². The van der Waals surface area contributed by atoms with Gasteiger partial charge in [-0.3, -0.25) is 4.99 Å². The van der Waals surface area contributed by atoms with Crippen LogP contribution in [-0.4, -0.2) is 55.8 Å². The predicted octanol–water partition coefficient (Wildman–Crippen LogP) is 2.68. The van der Waals surface area contributed by atoms with E-state index in [9.17, 15) is 4.79 Å². The van der Waals surface area contributed by atoms with E-state index in [0.29, 0.717) is 12.6 Å². The molecule has 0 aliphatic heterocycles. The van der Waals surface area contributed by atoms with Crippen molar-refractivity contribution < 1.29 is 9.53 Å². The number of nitrogens with zero attached hydrogens (tertiary/aromatic N) is 2. The van der Waals surface area contributed by atoms with Gasteiger partial charge < -0.3 is 20.3 Å². The highest BCUT2D eigenvalue weighted by atomic mass is 127. The minimum atomic E-state index is -0.462. The Morgan fingerprint density at radius 1 is 1.27 bits per heavy atom. The zero-order valence-corrected chi connectivity index (χ0v) is 17.5. The van der Waals surface area contributed by atoms with Crippen molar-refractivity contribution in [3.63, 3.8) is 0 Å². The van der Waals surface area contributed by atoms with Gasteiger partial charge in [-0.05, 0) is 40.5 Å². The molecule has 0 aliphatic rings. The van der Waals surface area contributed by atoms with Gasteiger partial charge in [0.25, 0.3) is 0 Å². The van der Waals surface area contributed by atoms with Crippen LogP contribution < -0.4 is 10.6 Å². The summed E-state index contributed by atoms with van der Waals surface area (Å²) in [6.07, 6.45) is -0.293. The summed E-state index contributed by atoms with van der Waals surface area (Å²) >= 11 is 0. The third kappa shape index (κ3) is 11.9. The fourth-order valence-corrected chi connectivity index (χ4v) is 1.69. The molecule has 0 aliphatic carbocycles. The van der Waals surface area contributed by atoms with Gasteiger partial charge in [0.15, 0.2) is 5.96 Å². The van der Waals surface area contributed by atoms with Crippen molar-refractivity contribution in [3.8, 4) is 0 Å². The smallest absolute Gasteiger partial charge is 0.410 e. The van der Waals surface area contributed by atoms with E-state index >= 15 is 0 Å². The van der Waals surface area contributed by atoms with Gasteiger partial charge in [-0.1, -0.05) is 6.92 Å². The van der Waals surface area contributed by atoms with Gasteiger partial charge in [0.1, 0.15) is 5.60 Å². The molecule has 1 unspecified atom stereocenters. The number of nitrogens with one attached hydrogen (secondary N) is 2. The van der Waals surface area contributed by atoms with Gasteiger partial charge in [0, 0.05) is 33.2 Å². The maximum atomic E-state index is 11.9. The van der Waals surface area contributed by atoms with Crippen molar-refractivity contribution in [2.24, 2.45) is 10.9 Å². The first kappa shape index (κ1) is 23.5.